The number of alkyl halides is 2. The number of thiophene rings is 1. The number of ether oxygens (including phenoxy) is 1. The molecule has 0 unspecified atom stereocenters. The van der Waals surface area contributed by atoms with Crippen LogP contribution in [0.25, 0.3) is 10.1 Å². The van der Waals surface area contributed by atoms with Crippen molar-refractivity contribution in [3.63, 3.8) is 0 Å². The third kappa shape index (κ3) is 6.75. The van der Waals surface area contributed by atoms with Gasteiger partial charge in [-0.05, 0) is 53.1 Å². The minimum absolute atomic E-state index is 0.0519. The molecule has 0 spiro atoms. The molecule has 1 amide bonds. The summed E-state index contributed by atoms with van der Waals surface area (Å²) in [6.07, 6.45) is 6.82. The van der Waals surface area contributed by atoms with Gasteiger partial charge in [0.05, 0.1) is 34.0 Å². The number of aromatic nitrogens is 1. The van der Waals surface area contributed by atoms with Gasteiger partial charge in [0.25, 0.3) is 5.91 Å². The monoisotopic (exact) mass is 604 g/mol. The van der Waals surface area contributed by atoms with Crippen molar-refractivity contribution in [1.29, 1.82) is 10.8 Å². The predicted molar refractivity (Wildman–Crippen MR) is 139 cm³/mol. The van der Waals surface area contributed by atoms with Gasteiger partial charge in [0.1, 0.15) is 5.75 Å². The number of nitrogens with one attached hydrogen (secondary N) is 3. The average molecular weight is 605 g/mol. The standard InChI is InChI=1S/C21H20BrF2N4O4PS2/c22-17-15-7-12(20(29)28-9-13(26)3-1-5-25)8-16(32-6-2-4-14-10-27-11-34-14)18(15)35-19(17)21(23,24)33(30)31/h1,3,5,7-8,10-11,25-26,30-31H,2,4,6,9H2,(H,28,29)/b3-1-,25-5?,26-13?. The summed E-state index contributed by atoms with van der Waals surface area (Å²) >= 11 is 5.31. The average Bonchev–Trinajstić information content (AvgIpc) is 3.47. The Hall–Kier alpha value is -2.15. The molecule has 8 nitrogen and oxygen atoms in total. The number of thiazole rings is 1. The Bertz CT molecular complexity index is 1250. The van der Waals surface area contributed by atoms with Crippen molar-refractivity contribution in [1.82, 2.24) is 10.3 Å². The van der Waals surface area contributed by atoms with Gasteiger partial charge in [-0.25, -0.2) is 0 Å². The van der Waals surface area contributed by atoms with E-state index in [4.69, 9.17) is 15.6 Å². The lowest BCUT2D eigenvalue weighted by atomic mass is 10.1. The highest BCUT2D eigenvalue weighted by atomic mass is 79.9. The van der Waals surface area contributed by atoms with E-state index in [2.05, 4.69) is 26.2 Å². The number of hydrogen-bond donors (Lipinski definition) is 5. The topological polar surface area (TPSA) is 139 Å². The maximum atomic E-state index is 14.5. The lowest BCUT2D eigenvalue weighted by Gasteiger charge is -2.15. The number of carbonyl (C=O) groups is 1. The zero-order valence-corrected chi connectivity index (χ0v) is 22.0. The molecule has 2 aromatic heterocycles. The van der Waals surface area contributed by atoms with Crippen LogP contribution in [0.15, 0.2) is 40.5 Å². The largest absolute Gasteiger partial charge is 0.492 e. The van der Waals surface area contributed by atoms with E-state index >= 15 is 0 Å². The molecule has 0 saturated carbocycles. The maximum absolute atomic E-state index is 14.5. The summed E-state index contributed by atoms with van der Waals surface area (Å²) in [7, 11) is -3.58. The van der Waals surface area contributed by atoms with Crippen molar-refractivity contribution in [2.75, 3.05) is 13.2 Å². The van der Waals surface area contributed by atoms with E-state index in [9.17, 15) is 23.4 Å². The minimum Gasteiger partial charge on any atom is -0.492 e. The van der Waals surface area contributed by atoms with Gasteiger partial charge < -0.3 is 30.7 Å². The van der Waals surface area contributed by atoms with Gasteiger partial charge >= 0.3 is 5.66 Å². The molecule has 5 N–H and O–H groups in total. The Kier molecular flexibility index (Phi) is 9.56. The van der Waals surface area contributed by atoms with Crippen LogP contribution < -0.4 is 10.1 Å². The van der Waals surface area contributed by atoms with Gasteiger partial charge in [-0.1, -0.05) is 0 Å². The summed E-state index contributed by atoms with van der Waals surface area (Å²) in [6, 6.07) is 2.84. The summed E-state index contributed by atoms with van der Waals surface area (Å²) in [5.41, 5.74) is -1.95. The highest BCUT2D eigenvalue weighted by molar-refractivity contribution is 9.10. The first-order chi connectivity index (χ1) is 16.6. The Labute approximate surface area is 216 Å². The van der Waals surface area contributed by atoms with Crippen LogP contribution in [0.3, 0.4) is 0 Å². The van der Waals surface area contributed by atoms with E-state index in [1.54, 1.807) is 11.7 Å². The molecular weight excluding hydrogens is 585 g/mol. The smallest absolute Gasteiger partial charge is 0.349 e. The zero-order chi connectivity index (χ0) is 25.6. The van der Waals surface area contributed by atoms with Crippen LogP contribution in [0, 0.1) is 10.8 Å². The number of fused-ring (bicyclic) bond motifs is 1. The summed E-state index contributed by atoms with van der Waals surface area (Å²) in [5.74, 6) is -0.337. The van der Waals surface area contributed by atoms with Crippen molar-refractivity contribution in [3.05, 3.63) is 55.8 Å². The third-order valence-corrected chi connectivity index (χ3v) is 8.72. The van der Waals surface area contributed by atoms with E-state index in [1.165, 1.54) is 35.6 Å². The first-order valence-corrected chi connectivity index (χ1v) is 13.7. The van der Waals surface area contributed by atoms with Crippen LogP contribution in [-0.4, -0.2) is 45.8 Å². The maximum Gasteiger partial charge on any atom is 0.349 e. The molecule has 186 valence electrons. The molecule has 35 heavy (non-hydrogen) atoms. The van der Waals surface area contributed by atoms with Crippen LogP contribution in [0.2, 0.25) is 0 Å². The van der Waals surface area contributed by atoms with Crippen molar-refractivity contribution in [2.24, 2.45) is 0 Å². The van der Waals surface area contributed by atoms with Gasteiger partial charge in [0.2, 0.25) is 8.38 Å². The lowest BCUT2D eigenvalue weighted by Crippen LogP contribution is -2.28. The number of benzene rings is 1. The van der Waals surface area contributed by atoms with E-state index in [1.807, 2.05) is 0 Å². The summed E-state index contributed by atoms with van der Waals surface area (Å²) in [4.78, 5) is 35.8. The third-order valence-electron chi connectivity index (χ3n) is 4.62. The van der Waals surface area contributed by atoms with Gasteiger partial charge in [-0.15, -0.1) is 22.7 Å². The Morgan fingerprint density at radius 3 is 2.80 bits per heavy atom. The number of nitrogens with zero attached hydrogens (tertiary/aromatic N) is 1. The number of hydrogen-bond acceptors (Lipinski definition) is 9. The number of rotatable bonds is 12. The van der Waals surface area contributed by atoms with Crippen LogP contribution in [0.5, 0.6) is 5.75 Å². The second kappa shape index (κ2) is 12.2. The molecule has 3 rings (SSSR count). The summed E-state index contributed by atoms with van der Waals surface area (Å²) in [5, 5.41) is 17.6. The van der Waals surface area contributed by atoms with Crippen molar-refractivity contribution >= 4 is 74.9 Å². The molecule has 0 fully saturated rings. The molecule has 0 aliphatic carbocycles. The molecule has 1 aromatic carbocycles. The minimum atomic E-state index is -3.88. The van der Waals surface area contributed by atoms with E-state index < -0.39 is 24.8 Å². The molecule has 0 radical (unpaired) electrons. The fourth-order valence-corrected chi connectivity index (χ4v) is 6.38. The Morgan fingerprint density at radius 2 is 2.14 bits per heavy atom. The number of carbonyl (C=O) groups excluding carboxylic acids is 1. The number of aryl methyl sites for hydroxylation is 1. The second-order valence-electron chi connectivity index (χ2n) is 7.08. The van der Waals surface area contributed by atoms with E-state index in [0.717, 1.165) is 17.5 Å². The van der Waals surface area contributed by atoms with Gasteiger partial charge in [-0.3, -0.25) is 9.78 Å². The summed E-state index contributed by atoms with van der Waals surface area (Å²) in [6.45, 7) is 0.158. The molecule has 0 aliphatic rings. The highest BCUT2D eigenvalue weighted by Crippen LogP contribution is 2.58. The van der Waals surface area contributed by atoms with Crippen LogP contribution in [0.4, 0.5) is 8.78 Å². The molecule has 0 atom stereocenters. The molecule has 3 aromatic rings. The first-order valence-electron chi connectivity index (χ1n) is 10.0. The van der Waals surface area contributed by atoms with Gasteiger partial charge in [-0.2, -0.15) is 8.78 Å². The molecule has 0 aliphatic heterocycles. The van der Waals surface area contributed by atoms with Crippen LogP contribution in [-0.2, 0) is 12.1 Å². The normalized spacial score (nSPS) is 11.9. The molecule has 14 heteroatoms. The van der Waals surface area contributed by atoms with Crippen LogP contribution >= 0.6 is 47.0 Å². The van der Waals surface area contributed by atoms with Crippen molar-refractivity contribution < 1.29 is 28.1 Å². The fourth-order valence-electron chi connectivity index (χ4n) is 2.96. The Morgan fingerprint density at radius 1 is 1.37 bits per heavy atom. The SMILES string of the molecule is N=C/C=C\C(=N)CNC(=O)c1cc(OCCCc2cncs2)c2sc(C(F)(F)P(O)O)c(Br)c2c1. The van der Waals surface area contributed by atoms with Crippen molar-refractivity contribution in [3.8, 4) is 5.75 Å². The van der Waals surface area contributed by atoms with E-state index in [-0.39, 0.29) is 40.0 Å². The van der Waals surface area contributed by atoms with Gasteiger partial charge in [0, 0.05) is 32.7 Å². The number of amides is 1. The molecular formula is C21H20BrF2N4O4PS2. The fraction of sp³-hybridized carbons (Fsp3) is 0.238. The number of halogens is 3. The van der Waals surface area contributed by atoms with Crippen LogP contribution in [0.1, 0.15) is 26.5 Å². The Balaban J connectivity index is 1.91. The molecule has 0 bridgehead atoms. The number of allylic oxidation sites excluding steroid dienone is 1. The quantitative estimate of drug-likeness (QED) is 0.106. The van der Waals surface area contributed by atoms with Crippen molar-refractivity contribution in [2.45, 2.75) is 18.5 Å². The second-order valence-corrected chi connectivity index (χ2v) is 11.0. The van der Waals surface area contributed by atoms with E-state index in [0.29, 0.717) is 22.5 Å². The lowest BCUT2D eigenvalue weighted by molar-refractivity contribution is 0.0766. The van der Waals surface area contributed by atoms with Gasteiger partial charge in [0.15, 0.2) is 0 Å². The predicted octanol–water partition coefficient (Wildman–Crippen LogP) is 5.43. The molecule has 2 heterocycles. The highest BCUT2D eigenvalue weighted by Gasteiger charge is 2.45. The summed E-state index contributed by atoms with van der Waals surface area (Å²) < 4.78 is 35.1. The molecule has 0 saturated heterocycles. The zero-order valence-electron chi connectivity index (χ0n) is 17.9. The first kappa shape index (κ1) is 27.4.